The molecule has 3 aromatic carbocycles. The van der Waals surface area contributed by atoms with Crippen molar-refractivity contribution in [3.63, 3.8) is 0 Å². The van der Waals surface area contributed by atoms with Crippen LogP contribution in [0.15, 0.2) is 89.0 Å². The molecule has 6 rings (SSSR count). The number of hydrogen-bond acceptors (Lipinski definition) is 9. The Hall–Kier alpha value is -5.78. The minimum atomic E-state index is -4.72. The summed E-state index contributed by atoms with van der Waals surface area (Å²) in [6.07, 6.45) is -5.73. The molecule has 4 aromatic rings. The van der Waals surface area contributed by atoms with Crippen molar-refractivity contribution >= 4 is 27.7 Å². The predicted molar refractivity (Wildman–Crippen MR) is 172 cm³/mol. The molecule has 1 aromatic heterocycles. The van der Waals surface area contributed by atoms with Crippen LogP contribution >= 0.6 is 0 Å². The number of nitrogens with zero attached hydrogens (tertiary/aromatic N) is 6. The van der Waals surface area contributed by atoms with Crippen molar-refractivity contribution in [2.75, 3.05) is 13.1 Å². The average molecular weight is 726 g/mol. The van der Waals surface area contributed by atoms with Crippen LogP contribution in [0.25, 0.3) is 16.9 Å². The van der Waals surface area contributed by atoms with Crippen LogP contribution in [0.2, 0.25) is 0 Å². The van der Waals surface area contributed by atoms with Crippen LogP contribution in [0.1, 0.15) is 51.7 Å². The lowest BCUT2D eigenvalue weighted by molar-refractivity contribution is -0.714. The second kappa shape index (κ2) is 13.5. The molecule has 0 bridgehead atoms. The van der Waals surface area contributed by atoms with Crippen molar-refractivity contribution in [1.29, 1.82) is 0 Å². The van der Waals surface area contributed by atoms with Crippen molar-refractivity contribution in [3.8, 4) is 16.9 Å². The molecule has 1 unspecified atom stereocenters. The zero-order chi connectivity index (χ0) is 36.7. The number of fused-ring (bicyclic) bond motifs is 1. The normalized spacial score (nSPS) is 16.3. The van der Waals surface area contributed by atoms with E-state index in [1.54, 1.807) is 36.4 Å². The van der Waals surface area contributed by atoms with E-state index in [1.165, 1.54) is 36.2 Å². The monoisotopic (exact) mass is 725 g/mol. The lowest BCUT2D eigenvalue weighted by Crippen LogP contribution is -2.44. The van der Waals surface area contributed by atoms with Gasteiger partial charge in [0.25, 0.3) is 21.8 Å². The molecule has 3 heterocycles. The standard InChI is InChI=1S/C33H30F3N7O7S/c1-20-7-9-22(10-8-20)28-19-29(33(34,35)36)37-42(28)24-11-13-25(14-12-24)51(48,49)38-30(44)23-15-17-40(18-16-23)43(47)39-50-21(2)41-31(45)26-5-3-4-6-27(26)32(41)46/h3-14,19,21,23H,15-18H2,1-2H3,(H,38,44)/b43-39-. The molecule has 1 N–H and O–H groups in total. The number of hydrazine groups is 1. The molecule has 0 radical (unpaired) electrons. The van der Waals surface area contributed by atoms with Crippen LogP contribution in [-0.2, 0) is 25.8 Å². The Kier molecular flexibility index (Phi) is 9.28. The number of imide groups is 1. The summed E-state index contributed by atoms with van der Waals surface area (Å²) in [7, 11) is -4.37. The van der Waals surface area contributed by atoms with E-state index in [1.807, 2.05) is 11.6 Å². The van der Waals surface area contributed by atoms with Gasteiger partial charge in [-0.25, -0.2) is 22.7 Å². The number of benzene rings is 3. The first-order chi connectivity index (χ1) is 24.1. The summed E-state index contributed by atoms with van der Waals surface area (Å²) in [5.41, 5.74) is 0.979. The van der Waals surface area contributed by atoms with Crippen LogP contribution < -0.4 is 4.72 Å². The fourth-order valence-corrected chi connectivity index (χ4v) is 6.78. The molecule has 1 saturated heterocycles. The number of halogens is 3. The summed E-state index contributed by atoms with van der Waals surface area (Å²) in [4.78, 5) is 44.0. The van der Waals surface area contributed by atoms with E-state index in [4.69, 9.17) is 4.84 Å². The quantitative estimate of drug-likeness (QED) is 0.110. The van der Waals surface area contributed by atoms with Crippen molar-refractivity contribution < 1.29 is 45.8 Å². The Morgan fingerprint density at radius 2 is 1.59 bits per heavy atom. The van der Waals surface area contributed by atoms with Gasteiger partial charge in [-0.3, -0.25) is 14.4 Å². The molecule has 0 spiro atoms. The lowest BCUT2D eigenvalue weighted by atomic mass is 9.97. The summed E-state index contributed by atoms with van der Waals surface area (Å²) in [6.45, 7) is 3.24. The van der Waals surface area contributed by atoms with Gasteiger partial charge in [0.1, 0.15) is 0 Å². The van der Waals surface area contributed by atoms with E-state index in [0.717, 1.165) is 33.3 Å². The molecule has 51 heavy (non-hydrogen) atoms. The Morgan fingerprint density at radius 3 is 2.16 bits per heavy atom. The first-order valence-electron chi connectivity index (χ1n) is 15.6. The van der Waals surface area contributed by atoms with E-state index in [9.17, 15) is 41.2 Å². The largest absolute Gasteiger partial charge is 0.569 e. The van der Waals surface area contributed by atoms with E-state index >= 15 is 0 Å². The van der Waals surface area contributed by atoms with E-state index in [2.05, 4.69) is 10.4 Å². The maximum atomic E-state index is 13.6. The minimum absolute atomic E-state index is 0.0116. The predicted octanol–water partition coefficient (Wildman–Crippen LogP) is 4.83. The fraction of sp³-hybridized carbons (Fsp3) is 0.273. The van der Waals surface area contributed by atoms with Gasteiger partial charge >= 0.3 is 6.18 Å². The van der Waals surface area contributed by atoms with Crippen molar-refractivity contribution in [2.45, 2.75) is 44.0 Å². The van der Waals surface area contributed by atoms with E-state index < -0.39 is 51.8 Å². The van der Waals surface area contributed by atoms with Crippen LogP contribution in [-0.4, -0.2) is 70.1 Å². The number of carbonyl (C=O) groups is 3. The number of rotatable bonds is 9. The van der Waals surface area contributed by atoms with Gasteiger partial charge < -0.3 is 10.0 Å². The van der Waals surface area contributed by atoms with E-state index in [-0.39, 0.29) is 58.3 Å². The second-order valence-electron chi connectivity index (χ2n) is 11.9. The third-order valence-electron chi connectivity index (χ3n) is 8.52. The summed E-state index contributed by atoms with van der Waals surface area (Å²) in [5, 5.41) is 21.0. The molecular formula is C33H30F3N7O7S. The van der Waals surface area contributed by atoms with Gasteiger partial charge in [-0.15, -0.1) is 5.01 Å². The number of nitrogens with one attached hydrogen (secondary N) is 1. The number of piperidine rings is 1. The van der Waals surface area contributed by atoms with Crippen molar-refractivity contribution in [3.05, 3.63) is 106 Å². The van der Waals surface area contributed by atoms with Crippen LogP contribution in [0, 0.1) is 18.0 Å². The fourth-order valence-electron chi connectivity index (χ4n) is 5.73. The molecule has 14 nitrogen and oxygen atoms in total. The SMILES string of the molecule is Cc1ccc(-c2cc(C(F)(F)F)nn2-c2ccc(S(=O)(=O)NC(=O)C3CCN(/[N+]([O-])=N/OC(C)N4C(=O)c5ccccc5C4=O)CC3)cc2)cc1. The molecule has 0 aliphatic carbocycles. The number of aromatic nitrogens is 2. The highest BCUT2D eigenvalue weighted by Crippen LogP contribution is 2.34. The zero-order valence-electron chi connectivity index (χ0n) is 27.1. The summed E-state index contributed by atoms with van der Waals surface area (Å²) in [5.74, 6) is -2.74. The Bertz CT molecular complexity index is 2090. The number of aryl methyl sites for hydroxylation is 1. The average Bonchev–Trinajstić information content (AvgIpc) is 3.67. The third kappa shape index (κ3) is 7.12. The maximum Gasteiger partial charge on any atom is 0.435 e. The Balaban J connectivity index is 1.06. The first kappa shape index (κ1) is 35.1. The smallest absolute Gasteiger partial charge is 0.435 e. The Morgan fingerprint density at radius 1 is 1.00 bits per heavy atom. The molecule has 18 heteroatoms. The van der Waals surface area contributed by atoms with Gasteiger partial charge in [0.15, 0.2) is 5.69 Å². The zero-order valence-corrected chi connectivity index (χ0v) is 27.9. The number of carbonyl (C=O) groups excluding carboxylic acids is 3. The van der Waals surface area contributed by atoms with Gasteiger partial charge in [-0.1, -0.05) is 42.0 Å². The lowest BCUT2D eigenvalue weighted by Gasteiger charge is -2.27. The third-order valence-corrected chi connectivity index (χ3v) is 9.88. The topological polar surface area (TPSA) is 169 Å². The molecule has 2 aliphatic heterocycles. The summed E-state index contributed by atoms with van der Waals surface area (Å²) in [6, 6.07) is 18.8. The highest BCUT2D eigenvalue weighted by atomic mass is 32.2. The number of amides is 3. The number of alkyl halides is 3. The van der Waals surface area contributed by atoms with Crippen molar-refractivity contribution in [2.24, 2.45) is 11.2 Å². The molecular weight excluding hydrogens is 695 g/mol. The molecule has 0 saturated carbocycles. The number of hydrogen-bond donors (Lipinski definition) is 1. The molecule has 3 amide bonds. The van der Waals surface area contributed by atoms with Crippen LogP contribution in [0.4, 0.5) is 13.2 Å². The summed E-state index contributed by atoms with van der Waals surface area (Å²) < 4.78 is 70.0. The van der Waals surface area contributed by atoms with Gasteiger partial charge in [0.05, 0.1) is 45.5 Å². The molecule has 1 atom stereocenters. The molecule has 266 valence electrons. The second-order valence-corrected chi connectivity index (χ2v) is 13.6. The highest BCUT2D eigenvalue weighted by Gasteiger charge is 2.40. The molecule has 2 aliphatic rings. The van der Waals surface area contributed by atoms with Gasteiger partial charge in [-0.05, 0) is 69.2 Å². The van der Waals surface area contributed by atoms with Gasteiger partial charge in [0.2, 0.25) is 17.4 Å². The maximum absolute atomic E-state index is 13.6. The Labute approximate surface area is 289 Å². The number of sulfonamides is 1. The molecule has 1 fully saturated rings. The summed E-state index contributed by atoms with van der Waals surface area (Å²) >= 11 is 0. The van der Waals surface area contributed by atoms with Gasteiger partial charge in [0, 0.05) is 11.5 Å². The van der Waals surface area contributed by atoms with Gasteiger partial charge in [-0.2, -0.15) is 18.3 Å². The van der Waals surface area contributed by atoms with E-state index in [0.29, 0.717) is 5.56 Å². The van der Waals surface area contributed by atoms with Crippen LogP contribution in [0.3, 0.4) is 0 Å². The van der Waals surface area contributed by atoms with Crippen molar-refractivity contribution in [1.82, 2.24) is 24.4 Å². The minimum Gasteiger partial charge on any atom is -0.569 e. The van der Waals surface area contributed by atoms with Crippen LogP contribution in [0.5, 0.6) is 0 Å². The highest BCUT2D eigenvalue weighted by molar-refractivity contribution is 7.90. The first-order valence-corrected chi connectivity index (χ1v) is 17.1.